The summed E-state index contributed by atoms with van der Waals surface area (Å²) in [5.41, 5.74) is 3.80. The number of pyridine rings is 1. The molecule has 1 aromatic carbocycles. The third kappa shape index (κ3) is 3.88. The van der Waals surface area contributed by atoms with Crippen molar-refractivity contribution in [1.82, 2.24) is 19.5 Å². The zero-order chi connectivity index (χ0) is 19.3. The lowest BCUT2D eigenvalue weighted by Crippen LogP contribution is -2.15. The molecule has 0 aliphatic carbocycles. The predicted octanol–water partition coefficient (Wildman–Crippen LogP) is 3.87. The molecule has 4 aromatic rings. The van der Waals surface area contributed by atoms with Crippen LogP contribution in [0, 0.1) is 0 Å². The maximum atomic E-state index is 12.5. The number of nitrogens with one attached hydrogen (secondary N) is 2. The summed E-state index contributed by atoms with van der Waals surface area (Å²) in [5.74, 6) is 0.311. The quantitative estimate of drug-likeness (QED) is 0.557. The summed E-state index contributed by atoms with van der Waals surface area (Å²) < 4.78 is 1.77. The van der Waals surface area contributed by atoms with Crippen LogP contribution in [-0.4, -0.2) is 25.4 Å². The number of anilines is 3. The van der Waals surface area contributed by atoms with Crippen molar-refractivity contribution in [2.24, 2.45) is 7.05 Å². The van der Waals surface area contributed by atoms with Crippen molar-refractivity contribution in [3.05, 3.63) is 85.2 Å². The lowest BCUT2D eigenvalue weighted by Gasteiger charge is -2.05. The average molecular weight is 370 g/mol. The summed E-state index contributed by atoms with van der Waals surface area (Å²) in [6.45, 7) is 0. The van der Waals surface area contributed by atoms with E-state index in [1.165, 1.54) is 0 Å². The van der Waals surface area contributed by atoms with E-state index in [-0.39, 0.29) is 5.91 Å². The van der Waals surface area contributed by atoms with Crippen molar-refractivity contribution in [2.45, 2.75) is 0 Å². The zero-order valence-electron chi connectivity index (χ0n) is 15.2. The van der Waals surface area contributed by atoms with Crippen LogP contribution in [-0.2, 0) is 7.05 Å². The van der Waals surface area contributed by atoms with Crippen LogP contribution in [0.5, 0.6) is 0 Å². The van der Waals surface area contributed by atoms with Crippen LogP contribution in [0.4, 0.5) is 17.3 Å². The first-order valence-electron chi connectivity index (χ1n) is 8.71. The van der Waals surface area contributed by atoms with Gasteiger partial charge in [-0.3, -0.25) is 9.78 Å². The Labute approximate surface area is 162 Å². The van der Waals surface area contributed by atoms with Crippen molar-refractivity contribution in [1.29, 1.82) is 0 Å². The highest BCUT2D eigenvalue weighted by molar-refractivity contribution is 6.04. The van der Waals surface area contributed by atoms with E-state index in [2.05, 4.69) is 25.6 Å². The highest BCUT2D eigenvalue weighted by Gasteiger charge is 2.13. The molecule has 0 fully saturated rings. The van der Waals surface area contributed by atoms with Gasteiger partial charge in [-0.2, -0.15) is 0 Å². The van der Waals surface area contributed by atoms with Crippen molar-refractivity contribution in [3.63, 3.8) is 0 Å². The number of hydrogen-bond acceptors (Lipinski definition) is 5. The Morgan fingerprint density at radius 3 is 2.39 bits per heavy atom. The molecule has 0 radical (unpaired) electrons. The number of aromatic nitrogens is 4. The van der Waals surface area contributed by atoms with Gasteiger partial charge in [-0.15, -0.1) is 0 Å². The Bertz CT molecular complexity index is 1080. The minimum atomic E-state index is -0.204. The highest BCUT2D eigenvalue weighted by atomic mass is 16.1. The lowest BCUT2D eigenvalue weighted by atomic mass is 10.2. The van der Waals surface area contributed by atoms with Crippen LogP contribution >= 0.6 is 0 Å². The number of rotatable bonds is 5. The van der Waals surface area contributed by atoms with Gasteiger partial charge >= 0.3 is 0 Å². The molecule has 0 saturated heterocycles. The van der Waals surface area contributed by atoms with Crippen LogP contribution in [0.2, 0.25) is 0 Å². The molecule has 3 heterocycles. The first-order valence-corrected chi connectivity index (χ1v) is 8.71. The molecule has 7 heteroatoms. The van der Waals surface area contributed by atoms with Gasteiger partial charge in [0.15, 0.2) is 0 Å². The van der Waals surface area contributed by atoms with Gasteiger partial charge in [0.2, 0.25) is 5.95 Å². The van der Waals surface area contributed by atoms with Gasteiger partial charge in [0.25, 0.3) is 5.91 Å². The molecule has 0 spiro atoms. The van der Waals surface area contributed by atoms with Gasteiger partial charge in [-0.05, 0) is 30.3 Å². The van der Waals surface area contributed by atoms with E-state index in [1.54, 1.807) is 41.5 Å². The van der Waals surface area contributed by atoms with Crippen molar-refractivity contribution in [2.75, 3.05) is 10.6 Å². The number of carbonyl (C=O) groups is 1. The minimum absolute atomic E-state index is 0.204. The number of nitrogens with zero attached hydrogens (tertiary/aromatic N) is 4. The zero-order valence-corrected chi connectivity index (χ0v) is 15.2. The summed E-state index contributed by atoms with van der Waals surface area (Å²) >= 11 is 0. The minimum Gasteiger partial charge on any atom is -0.346 e. The first-order chi connectivity index (χ1) is 13.7. The Morgan fingerprint density at radius 1 is 0.929 bits per heavy atom. The monoisotopic (exact) mass is 370 g/mol. The number of aryl methyl sites for hydroxylation is 1. The van der Waals surface area contributed by atoms with Crippen molar-refractivity contribution in [3.8, 4) is 11.1 Å². The molecule has 0 aliphatic rings. The van der Waals surface area contributed by atoms with Crippen LogP contribution in [0.15, 0.2) is 79.5 Å². The Balaban J connectivity index is 1.50. The lowest BCUT2D eigenvalue weighted by molar-refractivity contribution is 0.101. The predicted molar refractivity (Wildman–Crippen MR) is 108 cm³/mol. The summed E-state index contributed by atoms with van der Waals surface area (Å²) in [5, 5.41) is 5.98. The highest BCUT2D eigenvalue weighted by Crippen LogP contribution is 2.22. The number of carbonyl (C=O) groups excluding carboxylic acids is 1. The van der Waals surface area contributed by atoms with E-state index in [1.807, 2.05) is 49.6 Å². The molecule has 0 aliphatic heterocycles. The molecule has 1 amide bonds. The van der Waals surface area contributed by atoms with E-state index in [4.69, 9.17) is 0 Å². The molecule has 4 rings (SSSR count). The SMILES string of the molecule is Cn1cc(-c2cnc(Nc3ccccc3)nc2)cc1C(=O)Nc1cccnc1. The maximum Gasteiger partial charge on any atom is 0.272 e. The summed E-state index contributed by atoms with van der Waals surface area (Å²) in [4.78, 5) is 25.3. The summed E-state index contributed by atoms with van der Waals surface area (Å²) in [7, 11) is 1.83. The molecular formula is C21H18N6O. The molecule has 3 aromatic heterocycles. The Kier molecular flexibility index (Phi) is 4.79. The van der Waals surface area contributed by atoms with Gasteiger partial charge < -0.3 is 15.2 Å². The van der Waals surface area contributed by atoms with E-state index >= 15 is 0 Å². The fourth-order valence-corrected chi connectivity index (χ4v) is 2.77. The van der Waals surface area contributed by atoms with E-state index in [0.717, 1.165) is 16.8 Å². The van der Waals surface area contributed by atoms with Crippen LogP contribution in [0.1, 0.15) is 10.5 Å². The topological polar surface area (TPSA) is 84.7 Å². The van der Waals surface area contributed by atoms with E-state index in [0.29, 0.717) is 17.3 Å². The first kappa shape index (κ1) is 17.4. The average Bonchev–Trinajstić information content (AvgIpc) is 3.12. The second kappa shape index (κ2) is 7.71. The third-order valence-corrected chi connectivity index (χ3v) is 4.17. The van der Waals surface area contributed by atoms with Gasteiger partial charge in [0.1, 0.15) is 5.69 Å². The fourth-order valence-electron chi connectivity index (χ4n) is 2.77. The number of para-hydroxylation sites is 1. The second-order valence-electron chi connectivity index (χ2n) is 6.21. The maximum absolute atomic E-state index is 12.5. The Hall–Kier alpha value is -4.00. The van der Waals surface area contributed by atoms with Gasteiger partial charge in [-0.1, -0.05) is 18.2 Å². The fraction of sp³-hybridized carbons (Fsp3) is 0.0476. The largest absolute Gasteiger partial charge is 0.346 e. The number of hydrogen-bond donors (Lipinski definition) is 2. The van der Waals surface area contributed by atoms with E-state index in [9.17, 15) is 4.79 Å². The molecular weight excluding hydrogens is 352 g/mol. The molecule has 0 bridgehead atoms. The number of benzene rings is 1. The number of amides is 1. The normalized spacial score (nSPS) is 10.5. The van der Waals surface area contributed by atoms with Gasteiger partial charge in [0.05, 0.1) is 11.9 Å². The van der Waals surface area contributed by atoms with Gasteiger partial charge in [-0.25, -0.2) is 9.97 Å². The summed E-state index contributed by atoms with van der Waals surface area (Å²) in [6, 6.07) is 15.1. The van der Waals surface area contributed by atoms with Crippen molar-refractivity contribution >= 4 is 23.2 Å². The molecule has 0 unspecified atom stereocenters. The smallest absolute Gasteiger partial charge is 0.272 e. The molecule has 2 N–H and O–H groups in total. The molecule has 0 atom stereocenters. The molecule has 28 heavy (non-hydrogen) atoms. The third-order valence-electron chi connectivity index (χ3n) is 4.17. The summed E-state index contributed by atoms with van der Waals surface area (Å²) in [6.07, 6.45) is 8.61. The van der Waals surface area contributed by atoms with Crippen LogP contribution < -0.4 is 10.6 Å². The van der Waals surface area contributed by atoms with Crippen molar-refractivity contribution < 1.29 is 4.79 Å². The van der Waals surface area contributed by atoms with Crippen LogP contribution in [0.3, 0.4) is 0 Å². The second-order valence-corrected chi connectivity index (χ2v) is 6.21. The van der Waals surface area contributed by atoms with Crippen LogP contribution in [0.25, 0.3) is 11.1 Å². The Morgan fingerprint density at radius 2 is 1.68 bits per heavy atom. The van der Waals surface area contributed by atoms with Gasteiger partial charge in [0, 0.05) is 48.6 Å². The standard InChI is InChI=1S/C21H18N6O/c1-27-14-15(10-19(27)20(28)25-18-8-5-9-22-13-18)16-11-23-21(24-12-16)26-17-6-3-2-4-7-17/h2-14H,1H3,(H,25,28)(H,23,24,26). The molecule has 138 valence electrons. The molecule has 7 nitrogen and oxygen atoms in total. The van der Waals surface area contributed by atoms with E-state index < -0.39 is 0 Å². The molecule has 0 saturated carbocycles.